The van der Waals surface area contributed by atoms with Crippen LogP contribution in [0.2, 0.25) is 0 Å². The van der Waals surface area contributed by atoms with Crippen LogP contribution in [0.25, 0.3) is 0 Å². The molecule has 0 amide bonds. The van der Waals surface area contributed by atoms with Crippen LogP contribution in [0.5, 0.6) is 0 Å². The second kappa shape index (κ2) is 6.19. The maximum atomic E-state index is 11.2. The summed E-state index contributed by atoms with van der Waals surface area (Å²) in [5, 5.41) is 8.66. The first-order chi connectivity index (χ1) is 6.96. The fraction of sp³-hybridized carbons (Fsp3) is 0.556. The number of hydrogen-bond acceptors (Lipinski definition) is 5. The third kappa shape index (κ3) is 5.18. The molecule has 0 aliphatic carbocycles. The second-order valence-electron chi connectivity index (χ2n) is 2.81. The number of carbonyl (C=O) groups is 1. The van der Waals surface area contributed by atoms with Crippen LogP contribution in [0.4, 0.5) is 0 Å². The van der Waals surface area contributed by atoms with Gasteiger partial charge in [-0.3, -0.25) is 4.78 Å². The van der Waals surface area contributed by atoms with Crippen molar-refractivity contribution in [3.05, 3.63) is 11.8 Å². The van der Waals surface area contributed by atoms with Crippen LogP contribution in [0.15, 0.2) is 16.1 Å². The van der Waals surface area contributed by atoms with Crippen LogP contribution in [0.1, 0.15) is 13.8 Å². The highest BCUT2D eigenvalue weighted by Gasteiger charge is 2.08. The Labute approximate surface area is 90.4 Å². The lowest BCUT2D eigenvalue weighted by atomic mass is 10.3. The Morgan fingerprint density at radius 3 is 2.67 bits per heavy atom. The van der Waals surface area contributed by atoms with E-state index in [9.17, 15) is 4.79 Å². The molecule has 0 aliphatic heterocycles. The second-order valence-corrected chi connectivity index (χ2v) is 5.68. The molecule has 0 aromatic heterocycles. The molecule has 0 heterocycles. The summed E-state index contributed by atoms with van der Waals surface area (Å²) in [5.74, 6) is -0.0968. The predicted octanol–water partition coefficient (Wildman–Crippen LogP) is 1.71. The lowest BCUT2D eigenvalue weighted by molar-refractivity contribution is -0.138. The largest absolute Gasteiger partial charge is 0.462 e. The Balaban J connectivity index is 4.95. The molecule has 0 bridgehead atoms. The fourth-order valence-corrected chi connectivity index (χ4v) is 1.07. The molecule has 0 saturated carbocycles. The van der Waals surface area contributed by atoms with Gasteiger partial charge in [0.05, 0.1) is 12.8 Å². The average molecular weight is 229 g/mol. The summed E-state index contributed by atoms with van der Waals surface area (Å²) in [6, 6.07) is 1.71. The van der Waals surface area contributed by atoms with Crippen molar-refractivity contribution in [2.45, 2.75) is 13.8 Å². The van der Waals surface area contributed by atoms with E-state index in [4.69, 9.17) is 10.0 Å². The standard InChI is InChI=1S/C9H15N3O2S/c1-4-14-9(13)8(6-10)7-12-15(3,11)5-2/h7,11H,4-5H2,1-3H3/b8-7-. The van der Waals surface area contributed by atoms with Crippen LogP contribution in [0.3, 0.4) is 0 Å². The molecular weight excluding hydrogens is 214 g/mol. The minimum atomic E-state index is -1.83. The quantitative estimate of drug-likeness (QED) is 0.452. The van der Waals surface area contributed by atoms with E-state index in [-0.39, 0.29) is 12.2 Å². The minimum Gasteiger partial charge on any atom is -0.462 e. The van der Waals surface area contributed by atoms with E-state index in [1.165, 1.54) is 0 Å². The number of hydrogen-bond donors (Lipinski definition) is 1. The topological polar surface area (TPSA) is 86.3 Å². The monoisotopic (exact) mass is 229 g/mol. The highest BCUT2D eigenvalue weighted by molar-refractivity contribution is 7.93. The molecule has 0 aromatic rings. The van der Waals surface area contributed by atoms with Gasteiger partial charge in [-0.1, -0.05) is 16.5 Å². The van der Waals surface area contributed by atoms with Crippen molar-refractivity contribution in [3.63, 3.8) is 0 Å². The highest BCUT2D eigenvalue weighted by Crippen LogP contribution is 2.00. The van der Waals surface area contributed by atoms with Gasteiger partial charge in [-0.25, -0.2) is 9.16 Å². The number of esters is 1. The van der Waals surface area contributed by atoms with Crippen LogP contribution >= 0.6 is 0 Å². The maximum Gasteiger partial charge on any atom is 0.350 e. The van der Waals surface area contributed by atoms with Gasteiger partial charge in [0.25, 0.3) is 0 Å². The Kier molecular flexibility index (Phi) is 5.64. The van der Waals surface area contributed by atoms with Crippen molar-refractivity contribution >= 4 is 15.6 Å². The van der Waals surface area contributed by atoms with Gasteiger partial charge in [0, 0.05) is 12.0 Å². The molecule has 0 rings (SSSR count). The number of rotatable bonds is 4. The molecule has 0 spiro atoms. The third-order valence-corrected chi connectivity index (χ3v) is 3.29. The smallest absolute Gasteiger partial charge is 0.350 e. The summed E-state index contributed by atoms with van der Waals surface area (Å²) < 4.78 is 16.3. The normalized spacial score (nSPS) is 14.9. The number of carbonyl (C=O) groups excluding carboxylic acids is 1. The van der Waals surface area contributed by atoms with E-state index >= 15 is 0 Å². The van der Waals surface area contributed by atoms with E-state index < -0.39 is 15.6 Å². The van der Waals surface area contributed by atoms with Crippen LogP contribution in [-0.2, 0) is 19.2 Å². The van der Waals surface area contributed by atoms with Gasteiger partial charge in [0.2, 0.25) is 0 Å². The zero-order chi connectivity index (χ0) is 11.9. The summed E-state index contributed by atoms with van der Waals surface area (Å²) in [6.45, 7) is 3.72. The molecule has 0 aromatic carbocycles. The summed E-state index contributed by atoms with van der Waals surface area (Å²) in [6.07, 6.45) is 2.83. The fourth-order valence-electron chi connectivity index (χ4n) is 0.580. The lowest BCUT2D eigenvalue weighted by Crippen LogP contribution is -2.06. The maximum absolute atomic E-state index is 11.2. The van der Waals surface area contributed by atoms with Gasteiger partial charge >= 0.3 is 5.97 Å². The molecule has 0 fully saturated rings. The van der Waals surface area contributed by atoms with E-state index in [0.717, 1.165) is 6.20 Å². The van der Waals surface area contributed by atoms with Crippen LogP contribution in [0, 0.1) is 16.1 Å². The summed E-state index contributed by atoms with van der Waals surface area (Å²) in [7, 11) is -1.83. The Hall–Kier alpha value is -1.35. The SMILES string of the molecule is CCOC(=O)/C(C#N)=C\N=S(C)(=N)CC. The Morgan fingerprint density at radius 2 is 2.27 bits per heavy atom. The van der Waals surface area contributed by atoms with E-state index in [0.29, 0.717) is 5.75 Å². The van der Waals surface area contributed by atoms with Crippen molar-refractivity contribution in [3.8, 4) is 6.07 Å². The molecule has 0 saturated heterocycles. The summed E-state index contributed by atoms with van der Waals surface area (Å²) in [5.41, 5.74) is -0.156. The van der Waals surface area contributed by atoms with Gasteiger partial charge in [0.15, 0.2) is 5.57 Å². The molecule has 6 heteroatoms. The number of nitrogens with one attached hydrogen (secondary N) is 1. The van der Waals surface area contributed by atoms with Crippen LogP contribution in [-0.4, -0.2) is 24.6 Å². The molecule has 15 heavy (non-hydrogen) atoms. The van der Waals surface area contributed by atoms with Gasteiger partial charge in [-0.05, 0) is 6.92 Å². The molecule has 1 N–H and O–H groups in total. The number of ether oxygens (including phenoxy) is 1. The van der Waals surface area contributed by atoms with E-state index in [1.54, 1.807) is 19.2 Å². The van der Waals surface area contributed by atoms with Crippen molar-refractivity contribution in [2.24, 2.45) is 4.36 Å². The van der Waals surface area contributed by atoms with Gasteiger partial charge < -0.3 is 4.74 Å². The number of nitriles is 1. The zero-order valence-electron chi connectivity index (χ0n) is 9.11. The zero-order valence-corrected chi connectivity index (χ0v) is 9.93. The number of nitrogens with zero attached hydrogens (tertiary/aromatic N) is 2. The molecule has 1 unspecified atom stereocenters. The van der Waals surface area contributed by atoms with Crippen molar-refractivity contribution in [2.75, 3.05) is 18.6 Å². The molecular formula is C9H15N3O2S. The predicted molar refractivity (Wildman–Crippen MR) is 59.3 cm³/mol. The van der Waals surface area contributed by atoms with Gasteiger partial charge in [-0.15, -0.1) is 0 Å². The first kappa shape index (κ1) is 13.7. The van der Waals surface area contributed by atoms with Gasteiger partial charge in [0.1, 0.15) is 6.07 Å². The molecule has 1 atom stereocenters. The Morgan fingerprint density at radius 1 is 1.67 bits per heavy atom. The van der Waals surface area contributed by atoms with Crippen LogP contribution < -0.4 is 0 Å². The molecule has 0 aliphatic rings. The summed E-state index contributed by atoms with van der Waals surface area (Å²) in [4.78, 5) is 11.2. The first-order valence-electron chi connectivity index (χ1n) is 4.47. The Bertz CT molecular complexity index is 412. The lowest BCUT2D eigenvalue weighted by Gasteiger charge is -2.01. The van der Waals surface area contributed by atoms with Gasteiger partial charge in [-0.2, -0.15) is 5.26 Å². The highest BCUT2D eigenvalue weighted by atomic mass is 32.2. The molecule has 0 radical (unpaired) electrons. The van der Waals surface area contributed by atoms with Crippen molar-refractivity contribution < 1.29 is 9.53 Å². The first-order valence-corrected chi connectivity index (χ1v) is 6.63. The third-order valence-electron chi connectivity index (χ3n) is 1.59. The molecule has 84 valence electrons. The van der Waals surface area contributed by atoms with Crippen molar-refractivity contribution in [1.29, 1.82) is 10.0 Å². The van der Waals surface area contributed by atoms with Crippen molar-refractivity contribution in [1.82, 2.24) is 0 Å². The van der Waals surface area contributed by atoms with E-state index in [2.05, 4.69) is 9.10 Å². The molecule has 5 nitrogen and oxygen atoms in total. The summed E-state index contributed by atoms with van der Waals surface area (Å²) >= 11 is 0. The average Bonchev–Trinajstić information content (AvgIpc) is 2.19. The van der Waals surface area contributed by atoms with E-state index in [1.807, 2.05) is 6.92 Å². The minimum absolute atomic E-state index is 0.156.